The van der Waals surface area contributed by atoms with E-state index in [0.29, 0.717) is 32.9 Å². The van der Waals surface area contributed by atoms with Crippen LogP contribution in [0.2, 0.25) is 10.0 Å². The fraction of sp³-hybridized carbons (Fsp3) is 0.200. The van der Waals surface area contributed by atoms with Crippen LogP contribution in [0.3, 0.4) is 0 Å². The van der Waals surface area contributed by atoms with Gasteiger partial charge in [0.15, 0.2) is 5.69 Å². The Bertz CT molecular complexity index is 1080. The molecule has 0 radical (unpaired) electrons. The molecule has 3 rings (SSSR count). The van der Waals surface area contributed by atoms with Gasteiger partial charge < -0.3 is 15.0 Å². The number of nitrogens with one attached hydrogen (secondary N) is 1. The summed E-state index contributed by atoms with van der Waals surface area (Å²) in [4.78, 5) is 26.4. The molecule has 0 unspecified atom stereocenters. The number of aromatic nitrogens is 3. The predicted octanol–water partition coefficient (Wildman–Crippen LogP) is 3.60. The molecular weight excluding hydrogens is 429 g/mol. The van der Waals surface area contributed by atoms with Crippen LogP contribution in [0, 0.1) is 6.92 Å². The lowest BCUT2D eigenvalue weighted by Gasteiger charge is -2.16. The van der Waals surface area contributed by atoms with Crippen molar-refractivity contribution in [2.45, 2.75) is 6.92 Å². The van der Waals surface area contributed by atoms with Crippen LogP contribution in [0.15, 0.2) is 42.5 Å². The number of anilines is 1. The third kappa shape index (κ3) is 4.55. The van der Waals surface area contributed by atoms with E-state index in [1.165, 1.54) is 16.6 Å². The van der Waals surface area contributed by atoms with Crippen LogP contribution in [0.25, 0.3) is 5.69 Å². The van der Waals surface area contributed by atoms with E-state index in [0.717, 1.165) is 0 Å². The van der Waals surface area contributed by atoms with Crippen LogP contribution in [0.1, 0.15) is 16.2 Å². The van der Waals surface area contributed by atoms with Gasteiger partial charge in [-0.25, -0.2) is 4.68 Å². The van der Waals surface area contributed by atoms with Crippen molar-refractivity contribution in [3.05, 3.63) is 63.9 Å². The zero-order valence-corrected chi connectivity index (χ0v) is 18.0. The Balaban J connectivity index is 1.73. The maximum absolute atomic E-state index is 12.8. The minimum absolute atomic E-state index is 0.142. The standard InChI is InChI=1S/C20H19Cl2N5O3/c1-12-18(24-25-27(12)13-6-4-7-14(10-13)30-3)20(29)26(2)11-17(28)23-19-15(21)8-5-9-16(19)22/h4-10H,11H2,1-3H3,(H,23,28). The Morgan fingerprint density at radius 2 is 1.83 bits per heavy atom. The smallest absolute Gasteiger partial charge is 0.276 e. The summed E-state index contributed by atoms with van der Waals surface area (Å²) in [6, 6.07) is 12.1. The first-order valence-corrected chi connectivity index (χ1v) is 9.63. The average Bonchev–Trinajstić information content (AvgIpc) is 3.11. The highest BCUT2D eigenvalue weighted by atomic mass is 35.5. The summed E-state index contributed by atoms with van der Waals surface area (Å²) in [6.45, 7) is 1.51. The second-order valence-corrected chi connectivity index (χ2v) is 7.26. The minimum Gasteiger partial charge on any atom is -0.497 e. The highest BCUT2D eigenvalue weighted by molar-refractivity contribution is 6.39. The van der Waals surface area contributed by atoms with Crippen molar-refractivity contribution in [3.63, 3.8) is 0 Å². The number of ether oxygens (including phenoxy) is 1. The van der Waals surface area contributed by atoms with Crippen molar-refractivity contribution in [2.75, 3.05) is 26.0 Å². The Kier molecular flexibility index (Phi) is 6.59. The van der Waals surface area contributed by atoms with Crippen molar-refractivity contribution in [1.82, 2.24) is 19.9 Å². The van der Waals surface area contributed by atoms with Crippen molar-refractivity contribution >= 4 is 40.7 Å². The lowest BCUT2D eigenvalue weighted by Crippen LogP contribution is -2.35. The lowest BCUT2D eigenvalue weighted by molar-refractivity contribution is -0.116. The molecule has 1 N–H and O–H groups in total. The van der Waals surface area contributed by atoms with Crippen LogP contribution in [0.5, 0.6) is 5.75 Å². The largest absolute Gasteiger partial charge is 0.497 e. The number of nitrogens with zero attached hydrogens (tertiary/aromatic N) is 4. The van der Waals surface area contributed by atoms with Crippen molar-refractivity contribution in [2.24, 2.45) is 0 Å². The number of carbonyl (C=O) groups is 2. The molecule has 2 aromatic carbocycles. The number of benzene rings is 2. The Morgan fingerprint density at radius 3 is 2.50 bits per heavy atom. The van der Waals surface area contributed by atoms with Gasteiger partial charge in [-0.3, -0.25) is 9.59 Å². The summed E-state index contributed by atoms with van der Waals surface area (Å²) >= 11 is 12.1. The molecule has 2 amide bonds. The van der Waals surface area contributed by atoms with E-state index in [9.17, 15) is 9.59 Å². The molecule has 3 aromatic rings. The Labute approximate surface area is 183 Å². The number of likely N-dealkylation sites (N-methyl/N-ethyl adjacent to an activating group) is 1. The Morgan fingerprint density at radius 1 is 1.17 bits per heavy atom. The second-order valence-electron chi connectivity index (χ2n) is 6.44. The fourth-order valence-electron chi connectivity index (χ4n) is 2.78. The molecule has 156 valence electrons. The van der Waals surface area contributed by atoms with E-state index >= 15 is 0 Å². The number of hydrogen-bond donors (Lipinski definition) is 1. The minimum atomic E-state index is -0.446. The van der Waals surface area contributed by atoms with Gasteiger partial charge in [-0.2, -0.15) is 0 Å². The molecule has 1 aromatic heterocycles. The van der Waals surface area contributed by atoms with Crippen LogP contribution < -0.4 is 10.1 Å². The molecule has 0 aliphatic heterocycles. The first-order chi connectivity index (χ1) is 14.3. The van der Waals surface area contributed by atoms with Crippen LogP contribution in [-0.2, 0) is 4.79 Å². The molecule has 30 heavy (non-hydrogen) atoms. The first-order valence-electron chi connectivity index (χ1n) is 8.88. The van der Waals surface area contributed by atoms with Gasteiger partial charge in [-0.05, 0) is 31.2 Å². The fourth-order valence-corrected chi connectivity index (χ4v) is 3.27. The first kappa shape index (κ1) is 21.6. The van der Waals surface area contributed by atoms with Crippen LogP contribution in [-0.4, -0.2) is 52.4 Å². The quantitative estimate of drug-likeness (QED) is 0.623. The maximum Gasteiger partial charge on any atom is 0.276 e. The molecule has 0 aliphatic carbocycles. The molecule has 0 aliphatic rings. The maximum atomic E-state index is 12.8. The molecule has 0 saturated carbocycles. The summed E-state index contributed by atoms with van der Waals surface area (Å²) in [7, 11) is 3.07. The molecule has 1 heterocycles. The monoisotopic (exact) mass is 447 g/mol. The van der Waals surface area contributed by atoms with Gasteiger partial charge in [0.05, 0.1) is 40.8 Å². The third-order valence-electron chi connectivity index (χ3n) is 4.35. The van der Waals surface area contributed by atoms with Gasteiger partial charge in [-0.1, -0.05) is 40.5 Å². The number of carbonyl (C=O) groups excluding carboxylic acids is 2. The number of rotatable bonds is 6. The molecule has 0 saturated heterocycles. The summed E-state index contributed by atoms with van der Waals surface area (Å²) in [5, 5.41) is 11.3. The van der Waals surface area contributed by atoms with Crippen molar-refractivity contribution in [3.8, 4) is 11.4 Å². The number of halogens is 2. The number of methoxy groups -OCH3 is 1. The highest BCUT2D eigenvalue weighted by Crippen LogP contribution is 2.29. The number of amides is 2. The topological polar surface area (TPSA) is 89.3 Å². The van der Waals surface area contributed by atoms with E-state index in [2.05, 4.69) is 15.6 Å². The van der Waals surface area contributed by atoms with Crippen LogP contribution in [0.4, 0.5) is 5.69 Å². The van der Waals surface area contributed by atoms with Gasteiger partial charge in [-0.15, -0.1) is 5.10 Å². The summed E-state index contributed by atoms with van der Waals surface area (Å²) in [5.41, 5.74) is 1.68. The van der Waals surface area contributed by atoms with Crippen molar-refractivity contribution in [1.29, 1.82) is 0 Å². The van der Waals surface area contributed by atoms with Gasteiger partial charge in [0.25, 0.3) is 5.91 Å². The van der Waals surface area contributed by atoms with Crippen molar-refractivity contribution < 1.29 is 14.3 Å². The summed E-state index contributed by atoms with van der Waals surface area (Å²) in [6.07, 6.45) is 0. The average molecular weight is 448 g/mol. The molecular formula is C20H19Cl2N5O3. The summed E-state index contributed by atoms with van der Waals surface area (Å²) < 4.78 is 6.75. The van der Waals surface area contributed by atoms with Gasteiger partial charge in [0, 0.05) is 13.1 Å². The molecule has 0 bridgehead atoms. The SMILES string of the molecule is COc1cccc(-n2nnc(C(=O)N(C)CC(=O)Nc3c(Cl)cccc3Cl)c2C)c1. The van der Waals surface area contributed by atoms with Gasteiger partial charge >= 0.3 is 0 Å². The third-order valence-corrected chi connectivity index (χ3v) is 4.98. The predicted molar refractivity (Wildman–Crippen MR) is 115 cm³/mol. The Hall–Kier alpha value is -3.10. The molecule has 0 spiro atoms. The molecule has 10 heteroatoms. The molecule has 0 fully saturated rings. The zero-order valence-electron chi connectivity index (χ0n) is 16.5. The normalized spacial score (nSPS) is 10.6. The number of hydrogen-bond acceptors (Lipinski definition) is 5. The van der Waals surface area contributed by atoms with E-state index in [1.807, 2.05) is 12.1 Å². The number of para-hydroxylation sites is 1. The van der Waals surface area contributed by atoms with E-state index in [1.54, 1.807) is 44.4 Å². The summed E-state index contributed by atoms with van der Waals surface area (Å²) in [5.74, 6) is -0.233. The second kappa shape index (κ2) is 9.15. The molecule has 8 nitrogen and oxygen atoms in total. The van der Waals surface area contributed by atoms with E-state index in [-0.39, 0.29) is 12.2 Å². The molecule has 0 atom stereocenters. The highest BCUT2D eigenvalue weighted by Gasteiger charge is 2.23. The van der Waals surface area contributed by atoms with Gasteiger partial charge in [0.2, 0.25) is 5.91 Å². The van der Waals surface area contributed by atoms with Gasteiger partial charge in [0.1, 0.15) is 5.75 Å². The van der Waals surface area contributed by atoms with E-state index < -0.39 is 11.8 Å². The van der Waals surface area contributed by atoms with Crippen LogP contribution >= 0.6 is 23.2 Å². The zero-order chi connectivity index (χ0) is 21.8. The lowest BCUT2D eigenvalue weighted by atomic mass is 10.2. The van der Waals surface area contributed by atoms with E-state index in [4.69, 9.17) is 27.9 Å².